The summed E-state index contributed by atoms with van der Waals surface area (Å²) in [6.45, 7) is 2.95. The molecule has 3 aromatic rings. The van der Waals surface area contributed by atoms with Crippen LogP contribution in [0.4, 0.5) is 0 Å². The molecule has 1 atom stereocenters. The molecule has 0 radical (unpaired) electrons. The van der Waals surface area contributed by atoms with Crippen LogP contribution in [-0.4, -0.2) is 9.78 Å². The third-order valence-electron chi connectivity index (χ3n) is 3.09. The van der Waals surface area contributed by atoms with Gasteiger partial charge in [-0.3, -0.25) is 4.68 Å². The number of hydrogen-bond donors (Lipinski definition) is 1. The lowest BCUT2D eigenvalue weighted by molar-refractivity contribution is 0.658. The second-order valence-corrected chi connectivity index (χ2v) is 5.41. The van der Waals surface area contributed by atoms with Gasteiger partial charge >= 0.3 is 0 Å². The minimum Gasteiger partial charge on any atom is -0.320 e. The highest BCUT2D eigenvalue weighted by atomic mass is 32.1. The van der Waals surface area contributed by atoms with E-state index in [2.05, 4.69) is 42.4 Å². The van der Waals surface area contributed by atoms with Crippen LogP contribution < -0.4 is 5.73 Å². The average Bonchev–Trinajstić information content (AvgIpc) is 3.04. The summed E-state index contributed by atoms with van der Waals surface area (Å²) in [6, 6.07) is 10.5. The molecule has 0 aliphatic carbocycles. The van der Waals surface area contributed by atoms with Crippen LogP contribution in [0.25, 0.3) is 10.1 Å². The Labute approximate surface area is 110 Å². The van der Waals surface area contributed by atoms with E-state index in [0.717, 1.165) is 12.1 Å². The standard InChI is InChI=1S/C14H15N3S/c1-2-17-9-11(8-16-17)14(15)13-7-10-5-3-4-6-12(10)18-13/h3-9,14H,2,15H2,1H3. The Kier molecular flexibility index (Phi) is 2.89. The van der Waals surface area contributed by atoms with Crippen LogP contribution in [-0.2, 0) is 6.54 Å². The minimum absolute atomic E-state index is 0.0808. The van der Waals surface area contributed by atoms with Crippen molar-refractivity contribution in [1.82, 2.24) is 9.78 Å². The fraction of sp³-hybridized carbons (Fsp3) is 0.214. The van der Waals surface area contributed by atoms with Gasteiger partial charge in [0.2, 0.25) is 0 Å². The lowest BCUT2D eigenvalue weighted by atomic mass is 10.1. The first-order valence-corrected chi connectivity index (χ1v) is 6.86. The fourth-order valence-corrected chi connectivity index (χ4v) is 3.13. The van der Waals surface area contributed by atoms with Gasteiger partial charge in [0, 0.05) is 27.9 Å². The van der Waals surface area contributed by atoms with E-state index in [0.29, 0.717) is 0 Å². The molecule has 2 aromatic heterocycles. The van der Waals surface area contributed by atoms with Crippen LogP contribution in [0.5, 0.6) is 0 Å². The van der Waals surface area contributed by atoms with Crippen molar-refractivity contribution in [1.29, 1.82) is 0 Å². The molecule has 1 aromatic carbocycles. The van der Waals surface area contributed by atoms with Gasteiger partial charge in [0.05, 0.1) is 12.2 Å². The van der Waals surface area contributed by atoms with Gasteiger partial charge in [0.15, 0.2) is 0 Å². The van der Waals surface area contributed by atoms with Gasteiger partial charge in [-0.15, -0.1) is 11.3 Å². The van der Waals surface area contributed by atoms with Gasteiger partial charge in [-0.1, -0.05) is 18.2 Å². The van der Waals surface area contributed by atoms with Crippen molar-refractivity contribution in [3.05, 3.63) is 53.2 Å². The van der Waals surface area contributed by atoms with E-state index in [4.69, 9.17) is 5.73 Å². The zero-order valence-electron chi connectivity index (χ0n) is 10.2. The SMILES string of the molecule is CCn1cc(C(N)c2cc3ccccc3s2)cn1. The minimum atomic E-state index is -0.0808. The Hall–Kier alpha value is -1.65. The molecule has 0 spiro atoms. The third-order valence-corrected chi connectivity index (χ3v) is 4.29. The highest BCUT2D eigenvalue weighted by molar-refractivity contribution is 7.19. The fourth-order valence-electron chi connectivity index (χ4n) is 2.03. The number of benzene rings is 1. The molecule has 0 aliphatic rings. The quantitative estimate of drug-likeness (QED) is 0.783. The topological polar surface area (TPSA) is 43.8 Å². The zero-order valence-corrected chi connectivity index (χ0v) is 11.0. The maximum atomic E-state index is 6.31. The first-order valence-electron chi connectivity index (χ1n) is 6.04. The molecule has 3 nitrogen and oxygen atoms in total. The highest BCUT2D eigenvalue weighted by Crippen LogP contribution is 2.31. The Bertz CT molecular complexity index is 635. The van der Waals surface area contributed by atoms with E-state index in [1.807, 2.05) is 17.1 Å². The van der Waals surface area contributed by atoms with Gasteiger partial charge in [0.1, 0.15) is 0 Å². The normalized spacial score (nSPS) is 13.0. The number of rotatable bonds is 3. The summed E-state index contributed by atoms with van der Waals surface area (Å²) in [5.74, 6) is 0. The van der Waals surface area contributed by atoms with Crippen molar-refractivity contribution < 1.29 is 0 Å². The van der Waals surface area contributed by atoms with E-state index < -0.39 is 0 Å². The summed E-state index contributed by atoms with van der Waals surface area (Å²) in [7, 11) is 0. The molecule has 92 valence electrons. The Balaban J connectivity index is 1.98. The molecular weight excluding hydrogens is 242 g/mol. The third kappa shape index (κ3) is 1.94. The molecule has 18 heavy (non-hydrogen) atoms. The van der Waals surface area contributed by atoms with E-state index in [9.17, 15) is 0 Å². The summed E-state index contributed by atoms with van der Waals surface area (Å²) in [4.78, 5) is 1.19. The molecule has 0 saturated heterocycles. The molecule has 0 bridgehead atoms. The Morgan fingerprint density at radius 3 is 2.94 bits per heavy atom. The van der Waals surface area contributed by atoms with Crippen molar-refractivity contribution in [3.8, 4) is 0 Å². The Morgan fingerprint density at radius 1 is 1.39 bits per heavy atom. The van der Waals surface area contributed by atoms with Gasteiger partial charge in [-0.05, 0) is 24.4 Å². The van der Waals surface area contributed by atoms with Crippen molar-refractivity contribution in [2.45, 2.75) is 19.5 Å². The van der Waals surface area contributed by atoms with E-state index in [-0.39, 0.29) is 6.04 Å². The van der Waals surface area contributed by atoms with E-state index in [1.165, 1.54) is 15.0 Å². The number of aryl methyl sites for hydroxylation is 1. The maximum Gasteiger partial charge on any atom is 0.0677 e. The van der Waals surface area contributed by atoms with Crippen LogP contribution >= 0.6 is 11.3 Å². The lowest BCUT2D eigenvalue weighted by Gasteiger charge is -2.05. The highest BCUT2D eigenvalue weighted by Gasteiger charge is 2.13. The molecule has 0 saturated carbocycles. The number of thiophene rings is 1. The number of nitrogens with zero attached hydrogens (tertiary/aromatic N) is 2. The van der Waals surface area contributed by atoms with Gasteiger partial charge in [0.25, 0.3) is 0 Å². The Morgan fingerprint density at radius 2 is 2.22 bits per heavy atom. The maximum absolute atomic E-state index is 6.31. The van der Waals surface area contributed by atoms with Crippen molar-refractivity contribution in [2.24, 2.45) is 5.73 Å². The van der Waals surface area contributed by atoms with Crippen molar-refractivity contribution in [3.63, 3.8) is 0 Å². The molecule has 2 N–H and O–H groups in total. The summed E-state index contributed by atoms with van der Waals surface area (Å²) in [6.07, 6.45) is 3.88. The predicted molar refractivity (Wildman–Crippen MR) is 75.8 cm³/mol. The van der Waals surface area contributed by atoms with Crippen molar-refractivity contribution in [2.75, 3.05) is 0 Å². The van der Waals surface area contributed by atoms with Crippen LogP contribution in [0.3, 0.4) is 0 Å². The smallest absolute Gasteiger partial charge is 0.0677 e. The largest absolute Gasteiger partial charge is 0.320 e. The lowest BCUT2D eigenvalue weighted by Crippen LogP contribution is -2.09. The molecular formula is C14H15N3S. The molecule has 0 aliphatic heterocycles. The monoisotopic (exact) mass is 257 g/mol. The molecule has 1 unspecified atom stereocenters. The van der Waals surface area contributed by atoms with Crippen LogP contribution in [0.1, 0.15) is 23.4 Å². The number of hydrogen-bond acceptors (Lipinski definition) is 3. The van der Waals surface area contributed by atoms with Gasteiger partial charge in [-0.25, -0.2) is 0 Å². The average molecular weight is 257 g/mol. The number of fused-ring (bicyclic) bond motifs is 1. The van der Waals surface area contributed by atoms with Crippen LogP contribution in [0, 0.1) is 0 Å². The van der Waals surface area contributed by atoms with Crippen molar-refractivity contribution >= 4 is 21.4 Å². The summed E-state index contributed by atoms with van der Waals surface area (Å²) < 4.78 is 3.19. The zero-order chi connectivity index (χ0) is 12.5. The van der Waals surface area contributed by atoms with E-state index >= 15 is 0 Å². The van der Waals surface area contributed by atoms with Gasteiger partial charge in [-0.2, -0.15) is 5.10 Å². The van der Waals surface area contributed by atoms with Crippen LogP contribution in [0.2, 0.25) is 0 Å². The number of nitrogens with two attached hydrogens (primary N) is 1. The molecule has 0 fully saturated rings. The molecule has 4 heteroatoms. The molecule has 0 amide bonds. The molecule has 2 heterocycles. The van der Waals surface area contributed by atoms with Gasteiger partial charge < -0.3 is 5.73 Å². The first kappa shape index (κ1) is 11.4. The van der Waals surface area contributed by atoms with E-state index in [1.54, 1.807) is 11.3 Å². The second-order valence-electron chi connectivity index (χ2n) is 4.29. The predicted octanol–water partition coefficient (Wildman–Crippen LogP) is 3.17. The molecule has 3 rings (SSSR count). The first-order chi connectivity index (χ1) is 8.78. The summed E-state index contributed by atoms with van der Waals surface area (Å²) in [5, 5.41) is 5.54. The summed E-state index contributed by atoms with van der Waals surface area (Å²) in [5.41, 5.74) is 7.38. The van der Waals surface area contributed by atoms with Crippen LogP contribution in [0.15, 0.2) is 42.7 Å². The second kappa shape index (κ2) is 4.55. The number of aromatic nitrogens is 2. The summed E-state index contributed by atoms with van der Waals surface area (Å²) >= 11 is 1.76.